The molecule has 2 aromatic carbocycles. The zero-order chi connectivity index (χ0) is 22.6. The Hall–Kier alpha value is -3.00. The Labute approximate surface area is 190 Å². The molecule has 4 rings (SSSR count). The third kappa shape index (κ3) is 4.91. The number of ether oxygens (including phenoxy) is 1. The molecule has 2 aromatic rings. The summed E-state index contributed by atoms with van der Waals surface area (Å²) in [5, 5.41) is 14.2. The fourth-order valence-electron chi connectivity index (χ4n) is 4.11. The van der Waals surface area contributed by atoms with Gasteiger partial charge in [0, 0.05) is 24.8 Å². The predicted molar refractivity (Wildman–Crippen MR) is 123 cm³/mol. The number of nitrogens with one attached hydrogen (secondary N) is 2. The van der Waals surface area contributed by atoms with Crippen molar-refractivity contribution in [3.63, 3.8) is 0 Å². The van der Waals surface area contributed by atoms with Crippen molar-refractivity contribution in [2.24, 2.45) is 5.41 Å². The van der Waals surface area contributed by atoms with E-state index in [4.69, 9.17) is 9.84 Å². The van der Waals surface area contributed by atoms with Gasteiger partial charge < -0.3 is 20.5 Å². The van der Waals surface area contributed by atoms with Gasteiger partial charge in [0.05, 0.1) is 11.2 Å². The van der Waals surface area contributed by atoms with Crippen molar-refractivity contribution in [2.45, 2.75) is 18.8 Å². The van der Waals surface area contributed by atoms with Crippen molar-refractivity contribution < 1.29 is 24.2 Å². The van der Waals surface area contributed by atoms with Gasteiger partial charge in [0.25, 0.3) is 0 Å². The van der Waals surface area contributed by atoms with Crippen LogP contribution in [0.3, 0.4) is 0 Å². The van der Waals surface area contributed by atoms with E-state index in [0.717, 1.165) is 11.1 Å². The van der Waals surface area contributed by atoms with Gasteiger partial charge in [-0.05, 0) is 35.1 Å². The molecule has 2 aliphatic carbocycles. The lowest BCUT2D eigenvalue weighted by Gasteiger charge is -2.17. The first kappa shape index (κ1) is 22.2. The van der Waals surface area contributed by atoms with Crippen molar-refractivity contribution >= 4 is 29.7 Å². The topological polar surface area (TPSA) is 105 Å². The largest absolute Gasteiger partial charge is 0.481 e. The van der Waals surface area contributed by atoms with E-state index in [1.807, 2.05) is 24.3 Å². The molecule has 2 amide bonds. The van der Waals surface area contributed by atoms with Crippen LogP contribution in [-0.4, -0.2) is 54.3 Å². The number of hydrogen-bond donors (Lipinski definition) is 3. The molecule has 1 fully saturated rings. The lowest BCUT2D eigenvalue weighted by atomic mass is 9.98. The second-order valence-electron chi connectivity index (χ2n) is 8.16. The van der Waals surface area contributed by atoms with Gasteiger partial charge in [0.2, 0.25) is 5.91 Å². The highest BCUT2D eigenvalue weighted by Gasteiger charge is 2.49. The number of carboxylic acids is 1. The number of benzene rings is 2. The Morgan fingerprint density at radius 1 is 1.00 bits per heavy atom. The summed E-state index contributed by atoms with van der Waals surface area (Å²) >= 11 is 1.26. The average Bonchev–Trinajstić information content (AvgIpc) is 3.53. The number of rotatable bonds is 10. The normalized spacial score (nSPS) is 15.4. The van der Waals surface area contributed by atoms with E-state index in [0.29, 0.717) is 25.1 Å². The van der Waals surface area contributed by atoms with E-state index in [2.05, 4.69) is 34.9 Å². The monoisotopic (exact) mass is 454 g/mol. The Balaban J connectivity index is 1.25. The molecule has 0 spiro atoms. The molecule has 7 nitrogen and oxygen atoms in total. The van der Waals surface area contributed by atoms with Crippen LogP contribution in [-0.2, 0) is 14.3 Å². The van der Waals surface area contributed by atoms with Gasteiger partial charge >= 0.3 is 12.1 Å². The smallest absolute Gasteiger partial charge is 0.407 e. The third-order valence-corrected chi connectivity index (χ3v) is 6.95. The number of thioether (sulfide) groups is 1. The molecule has 1 saturated carbocycles. The van der Waals surface area contributed by atoms with Gasteiger partial charge in [-0.3, -0.25) is 9.59 Å². The molecule has 0 aromatic heterocycles. The minimum Gasteiger partial charge on any atom is -0.481 e. The van der Waals surface area contributed by atoms with E-state index >= 15 is 0 Å². The lowest BCUT2D eigenvalue weighted by Crippen LogP contribution is -2.41. The lowest BCUT2D eigenvalue weighted by molar-refractivity contribution is -0.134. The summed E-state index contributed by atoms with van der Waals surface area (Å²) in [6.45, 7) is 0.876. The fraction of sp³-hybridized carbons (Fsp3) is 0.375. The molecule has 0 saturated heterocycles. The number of aliphatic carboxylic acids is 1. The molecule has 0 unspecified atom stereocenters. The fourth-order valence-corrected chi connectivity index (χ4v) is 4.67. The maximum absolute atomic E-state index is 12.4. The van der Waals surface area contributed by atoms with Crippen LogP contribution in [0.4, 0.5) is 4.79 Å². The Morgan fingerprint density at radius 3 is 2.22 bits per heavy atom. The second-order valence-corrected chi connectivity index (χ2v) is 9.27. The maximum atomic E-state index is 12.4. The summed E-state index contributed by atoms with van der Waals surface area (Å²) in [4.78, 5) is 35.3. The molecule has 32 heavy (non-hydrogen) atoms. The molecule has 0 bridgehead atoms. The summed E-state index contributed by atoms with van der Waals surface area (Å²) in [6, 6.07) is 16.3. The van der Waals surface area contributed by atoms with Gasteiger partial charge in [-0.15, -0.1) is 11.8 Å². The molecular weight excluding hydrogens is 428 g/mol. The van der Waals surface area contributed by atoms with Crippen LogP contribution >= 0.6 is 11.8 Å². The second kappa shape index (κ2) is 9.65. The van der Waals surface area contributed by atoms with Crippen molar-refractivity contribution in [1.29, 1.82) is 0 Å². The van der Waals surface area contributed by atoms with Crippen molar-refractivity contribution in [3.05, 3.63) is 59.7 Å². The molecule has 0 aliphatic heterocycles. The summed E-state index contributed by atoms with van der Waals surface area (Å²) in [5.41, 5.74) is 4.07. The number of fused-ring (bicyclic) bond motifs is 3. The van der Waals surface area contributed by atoms with Gasteiger partial charge in [-0.25, -0.2) is 4.79 Å². The van der Waals surface area contributed by atoms with Crippen molar-refractivity contribution in [3.8, 4) is 11.1 Å². The zero-order valence-electron chi connectivity index (χ0n) is 17.6. The van der Waals surface area contributed by atoms with Crippen LogP contribution in [0.25, 0.3) is 11.1 Å². The number of carbonyl (C=O) groups is 3. The molecule has 0 heterocycles. The molecule has 8 heteroatoms. The van der Waals surface area contributed by atoms with Gasteiger partial charge in [-0.1, -0.05) is 48.5 Å². The van der Waals surface area contributed by atoms with E-state index in [-0.39, 0.29) is 30.7 Å². The number of carbonyl (C=O) groups excluding carboxylic acids is 2. The predicted octanol–water partition coefficient (Wildman–Crippen LogP) is 3.24. The van der Waals surface area contributed by atoms with Crippen LogP contribution in [0.15, 0.2) is 48.5 Å². The van der Waals surface area contributed by atoms with Crippen LogP contribution in [0.5, 0.6) is 0 Å². The molecule has 2 aliphatic rings. The van der Waals surface area contributed by atoms with E-state index in [1.54, 1.807) is 0 Å². The summed E-state index contributed by atoms with van der Waals surface area (Å²) in [5.74, 6) is -0.424. The van der Waals surface area contributed by atoms with E-state index in [9.17, 15) is 14.4 Å². The highest BCUT2D eigenvalue weighted by molar-refractivity contribution is 7.99. The number of alkyl carbamates (subject to hydrolysis) is 1. The summed E-state index contributed by atoms with van der Waals surface area (Å²) in [7, 11) is 0. The zero-order valence-corrected chi connectivity index (χ0v) is 18.5. The highest BCUT2D eigenvalue weighted by Crippen LogP contribution is 2.46. The van der Waals surface area contributed by atoms with Gasteiger partial charge in [0.1, 0.15) is 6.61 Å². The molecule has 0 radical (unpaired) electrons. The first-order chi connectivity index (χ1) is 15.5. The summed E-state index contributed by atoms with van der Waals surface area (Å²) in [6.07, 6.45) is 0.901. The van der Waals surface area contributed by atoms with Crippen LogP contribution in [0, 0.1) is 5.41 Å². The first-order valence-electron chi connectivity index (χ1n) is 10.7. The molecular formula is C24H26N2O5S. The minimum absolute atomic E-state index is 0.00497. The number of carboxylic acid groups (broad SMARTS) is 1. The molecule has 168 valence electrons. The number of hydrogen-bond acceptors (Lipinski definition) is 5. The molecule has 0 atom stereocenters. The maximum Gasteiger partial charge on any atom is 0.407 e. The van der Waals surface area contributed by atoms with Crippen LogP contribution < -0.4 is 10.6 Å². The minimum atomic E-state index is -0.868. The number of amides is 2. The van der Waals surface area contributed by atoms with Gasteiger partial charge in [-0.2, -0.15) is 0 Å². The van der Waals surface area contributed by atoms with E-state index < -0.39 is 17.5 Å². The standard InChI is InChI=1S/C24H26N2O5S/c27-21(28)14-32-12-11-25-22(29)24(9-10-24)15-26-23(30)31-13-20-18-7-3-1-5-16(18)17-6-2-4-8-19(17)20/h1-8,20H,9-15H2,(H,25,29)(H,26,30)(H,27,28). The van der Waals surface area contributed by atoms with E-state index in [1.165, 1.54) is 22.9 Å². The third-order valence-electron chi connectivity index (χ3n) is 6.01. The average molecular weight is 455 g/mol. The van der Waals surface area contributed by atoms with Crippen molar-refractivity contribution in [1.82, 2.24) is 10.6 Å². The Morgan fingerprint density at radius 2 is 1.62 bits per heavy atom. The summed E-state index contributed by atoms with van der Waals surface area (Å²) < 4.78 is 5.54. The first-order valence-corrected chi connectivity index (χ1v) is 11.8. The highest BCUT2D eigenvalue weighted by atomic mass is 32.2. The Bertz CT molecular complexity index is 975. The molecule has 3 N–H and O–H groups in total. The van der Waals surface area contributed by atoms with Gasteiger partial charge in [0.15, 0.2) is 0 Å². The quantitative estimate of drug-likeness (QED) is 0.476. The SMILES string of the molecule is O=C(O)CSCCNC(=O)C1(CNC(=O)OCC2c3ccccc3-c3ccccc32)CC1. The van der Waals surface area contributed by atoms with Crippen LogP contribution in [0.1, 0.15) is 29.9 Å². The van der Waals surface area contributed by atoms with Crippen molar-refractivity contribution in [2.75, 3.05) is 31.2 Å². The van der Waals surface area contributed by atoms with Crippen LogP contribution in [0.2, 0.25) is 0 Å². The Kier molecular flexibility index (Phi) is 6.69.